The molecular formula is C26H37F3N6O. The van der Waals surface area contributed by atoms with Crippen LogP contribution in [-0.2, 0) is 0 Å². The lowest BCUT2D eigenvalue weighted by Gasteiger charge is -2.40. The SMILES string of the molecule is CC(CC(F)(F)F)N1CCC(N2CCCN(c3cccc(C(=O)NCC4=CNCC=C4)n3)CC2)CC1. The normalized spacial score (nSPS) is 21.4. The first-order valence-corrected chi connectivity index (χ1v) is 12.9. The second-order valence-electron chi connectivity index (χ2n) is 9.91. The van der Waals surface area contributed by atoms with Crippen LogP contribution in [-0.4, -0.2) is 91.3 Å². The largest absolute Gasteiger partial charge is 0.390 e. The fraction of sp³-hybridized carbons (Fsp3) is 0.615. The topological polar surface area (TPSA) is 63.7 Å². The van der Waals surface area contributed by atoms with Gasteiger partial charge in [0.05, 0.1) is 6.42 Å². The average molecular weight is 507 g/mol. The van der Waals surface area contributed by atoms with Gasteiger partial charge in [-0.15, -0.1) is 0 Å². The number of alkyl halides is 3. The molecule has 1 aromatic heterocycles. The number of carbonyl (C=O) groups is 1. The fourth-order valence-electron chi connectivity index (χ4n) is 5.31. The molecule has 1 atom stereocenters. The number of halogens is 3. The Hall–Kier alpha value is -2.59. The lowest BCUT2D eigenvalue weighted by molar-refractivity contribution is -0.147. The lowest BCUT2D eigenvalue weighted by Crippen LogP contribution is -2.49. The smallest absolute Gasteiger partial charge is 0.387 e. The third-order valence-electron chi connectivity index (χ3n) is 7.30. The van der Waals surface area contributed by atoms with E-state index in [0.29, 0.717) is 31.4 Å². The van der Waals surface area contributed by atoms with Crippen molar-refractivity contribution >= 4 is 11.7 Å². The molecule has 2 fully saturated rings. The molecule has 0 radical (unpaired) electrons. The minimum absolute atomic E-state index is 0.195. The molecule has 36 heavy (non-hydrogen) atoms. The molecule has 0 spiro atoms. The van der Waals surface area contributed by atoms with Crippen LogP contribution >= 0.6 is 0 Å². The zero-order chi connectivity index (χ0) is 25.5. The van der Waals surface area contributed by atoms with Crippen molar-refractivity contribution in [3.8, 4) is 0 Å². The number of hydrogen-bond acceptors (Lipinski definition) is 6. The zero-order valence-corrected chi connectivity index (χ0v) is 20.9. The molecule has 1 amide bonds. The second-order valence-corrected chi connectivity index (χ2v) is 9.91. The van der Waals surface area contributed by atoms with Crippen LogP contribution < -0.4 is 15.5 Å². The summed E-state index contributed by atoms with van der Waals surface area (Å²) in [5.41, 5.74) is 1.42. The maximum Gasteiger partial charge on any atom is 0.390 e. The van der Waals surface area contributed by atoms with Crippen LogP contribution in [0.25, 0.3) is 0 Å². The van der Waals surface area contributed by atoms with Gasteiger partial charge in [-0.3, -0.25) is 9.69 Å². The summed E-state index contributed by atoms with van der Waals surface area (Å²) in [6, 6.07) is 5.50. The minimum atomic E-state index is -4.11. The van der Waals surface area contributed by atoms with Crippen LogP contribution in [0.3, 0.4) is 0 Å². The van der Waals surface area contributed by atoms with E-state index in [1.54, 1.807) is 13.0 Å². The van der Waals surface area contributed by atoms with Crippen LogP contribution in [0, 0.1) is 0 Å². The first-order valence-electron chi connectivity index (χ1n) is 12.9. The van der Waals surface area contributed by atoms with E-state index in [1.165, 1.54) is 0 Å². The van der Waals surface area contributed by atoms with Gasteiger partial charge < -0.3 is 20.4 Å². The Balaban J connectivity index is 1.27. The van der Waals surface area contributed by atoms with E-state index < -0.39 is 18.6 Å². The van der Waals surface area contributed by atoms with Gasteiger partial charge in [-0.05, 0) is 57.0 Å². The van der Waals surface area contributed by atoms with E-state index in [9.17, 15) is 18.0 Å². The predicted molar refractivity (Wildman–Crippen MR) is 135 cm³/mol. The first-order chi connectivity index (χ1) is 17.3. The second kappa shape index (κ2) is 12.1. The summed E-state index contributed by atoms with van der Waals surface area (Å²) in [6.45, 7) is 7.87. The third kappa shape index (κ3) is 7.46. The highest BCUT2D eigenvalue weighted by atomic mass is 19.4. The van der Waals surface area contributed by atoms with Crippen molar-refractivity contribution in [3.63, 3.8) is 0 Å². The monoisotopic (exact) mass is 506 g/mol. The summed E-state index contributed by atoms with van der Waals surface area (Å²) >= 11 is 0. The lowest BCUT2D eigenvalue weighted by atomic mass is 10.0. The van der Waals surface area contributed by atoms with E-state index in [-0.39, 0.29) is 5.91 Å². The number of rotatable bonds is 7. The molecule has 10 heteroatoms. The Morgan fingerprint density at radius 2 is 1.97 bits per heavy atom. The summed E-state index contributed by atoms with van der Waals surface area (Å²) in [6.07, 6.45) is 3.84. The molecule has 4 rings (SSSR count). The maximum atomic E-state index is 12.8. The van der Waals surface area contributed by atoms with E-state index in [4.69, 9.17) is 0 Å². The summed E-state index contributed by atoms with van der Waals surface area (Å²) < 4.78 is 38.3. The molecule has 3 aliphatic rings. The Bertz CT molecular complexity index is 942. The minimum Gasteiger partial charge on any atom is -0.387 e. The Kier molecular flexibility index (Phi) is 8.90. The number of nitrogens with zero attached hydrogens (tertiary/aromatic N) is 4. The van der Waals surface area contributed by atoms with Crippen LogP contribution in [0.15, 0.2) is 42.1 Å². The Morgan fingerprint density at radius 1 is 1.17 bits per heavy atom. The number of hydrogen-bond donors (Lipinski definition) is 2. The quantitative estimate of drug-likeness (QED) is 0.593. The molecule has 1 unspecified atom stereocenters. The number of pyridine rings is 1. The molecule has 4 heterocycles. The highest BCUT2D eigenvalue weighted by Crippen LogP contribution is 2.27. The zero-order valence-electron chi connectivity index (χ0n) is 20.9. The van der Waals surface area contributed by atoms with Gasteiger partial charge in [0.2, 0.25) is 0 Å². The molecule has 2 N–H and O–H groups in total. The van der Waals surface area contributed by atoms with Crippen LogP contribution in [0.4, 0.5) is 19.0 Å². The van der Waals surface area contributed by atoms with Gasteiger partial charge in [0.15, 0.2) is 0 Å². The number of dihydropyridines is 1. The van der Waals surface area contributed by atoms with Crippen molar-refractivity contribution in [1.82, 2.24) is 25.4 Å². The van der Waals surface area contributed by atoms with Gasteiger partial charge >= 0.3 is 6.18 Å². The van der Waals surface area contributed by atoms with Crippen LogP contribution in [0.2, 0.25) is 0 Å². The highest BCUT2D eigenvalue weighted by molar-refractivity contribution is 5.92. The van der Waals surface area contributed by atoms with Crippen molar-refractivity contribution in [2.24, 2.45) is 0 Å². The molecule has 0 aromatic carbocycles. The molecular weight excluding hydrogens is 469 g/mol. The van der Waals surface area contributed by atoms with Crippen LogP contribution in [0.5, 0.6) is 0 Å². The van der Waals surface area contributed by atoms with Crippen LogP contribution in [0.1, 0.15) is 43.1 Å². The number of aromatic nitrogens is 1. The van der Waals surface area contributed by atoms with Gasteiger partial charge in [-0.2, -0.15) is 13.2 Å². The summed E-state index contributed by atoms with van der Waals surface area (Å²) in [4.78, 5) is 24.0. The molecule has 1 aromatic rings. The Labute approximate surface area is 211 Å². The number of piperidine rings is 1. The van der Waals surface area contributed by atoms with Gasteiger partial charge in [-0.25, -0.2) is 4.98 Å². The van der Waals surface area contributed by atoms with E-state index in [1.807, 2.05) is 35.4 Å². The van der Waals surface area contributed by atoms with E-state index in [2.05, 4.69) is 25.4 Å². The molecule has 0 bridgehead atoms. The average Bonchev–Trinajstić information content (AvgIpc) is 3.13. The summed E-state index contributed by atoms with van der Waals surface area (Å²) in [5.74, 6) is 0.610. The van der Waals surface area contributed by atoms with Crippen molar-refractivity contribution in [3.05, 3.63) is 47.8 Å². The summed E-state index contributed by atoms with van der Waals surface area (Å²) in [7, 11) is 0. The maximum absolute atomic E-state index is 12.8. The molecule has 3 aliphatic heterocycles. The molecule has 2 saturated heterocycles. The molecule has 198 valence electrons. The van der Waals surface area contributed by atoms with Gasteiger partial charge in [0.25, 0.3) is 5.91 Å². The number of amides is 1. The van der Waals surface area contributed by atoms with E-state index in [0.717, 1.165) is 63.4 Å². The number of carbonyl (C=O) groups excluding carboxylic acids is 1. The van der Waals surface area contributed by atoms with Gasteiger partial charge in [-0.1, -0.05) is 18.2 Å². The van der Waals surface area contributed by atoms with Crippen molar-refractivity contribution in [2.75, 3.05) is 57.3 Å². The summed E-state index contributed by atoms with van der Waals surface area (Å²) in [5, 5.41) is 6.06. The standard InChI is InChI=1S/C26H37F3N6O/c1-20(17-26(27,28)29)33-13-8-22(9-14-33)34-11-4-12-35(16-15-34)24-7-2-6-23(32-24)25(36)31-19-21-5-3-10-30-18-21/h2-3,5-7,18,20,22,30H,4,8-17,19H2,1H3,(H,31,36). The fourth-order valence-corrected chi connectivity index (χ4v) is 5.31. The van der Waals surface area contributed by atoms with Crippen molar-refractivity contribution in [2.45, 2.75) is 50.9 Å². The number of nitrogens with one attached hydrogen (secondary N) is 2. The number of anilines is 1. The highest BCUT2D eigenvalue weighted by Gasteiger charge is 2.34. The predicted octanol–water partition coefficient (Wildman–Crippen LogP) is 3.17. The molecule has 7 nitrogen and oxygen atoms in total. The third-order valence-corrected chi connectivity index (χ3v) is 7.30. The first kappa shape index (κ1) is 26.5. The van der Waals surface area contributed by atoms with E-state index >= 15 is 0 Å². The molecule has 0 saturated carbocycles. The van der Waals surface area contributed by atoms with Crippen molar-refractivity contribution in [1.29, 1.82) is 0 Å². The van der Waals surface area contributed by atoms with Gasteiger partial charge in [0.1, 0.15) is 11.5 Å². The van der Waals surface area contributed by atoms with Gasteiger partial charge in [0, 0.05) is 57.6 Å². The number of likely N-dealkylation sites (tertiary alicyclic amines) is 1. The molecule has 0 aliphatic carbocycles. The van der Waals surface area contributed by atoms with Crippen molar-refractivity contribution < 1.29 is 18.0 Å². The Morgan fingerprint density at radius 3 is 2.69 bits per heavy atom.